The van der Waals surface area contributed by atoms with Crippen LogP contribution < -0.4 is 10.1 Å². The molecule has 1 amide bonds. The van der Waals surface area contributed by atoms with E-state index in [0.29, 0.717) is 16.2 Å². The molecule has 0 bridgehead atoms. The number of alkyl halides is 3. The predicted molar refractivity (Wildman–Crippen MR) is 99.1 cm³/mol. The van der Waals surface area contributed by atoms with E-state index in [1.54, 1.807) is 24.3 Å². The molecule has 0 spiro atoms. The number of nitrogens with one attached hydrogen (secondary N) is 1. The molecular formula is C18H16F3N3O4S. The molecule has 0 saturated heterocycles. The third-order valence-corrected chi connectivity index (χ3v) is 5.63. The van der Waals surface area contributed by atoms with Gasteiger partial charge in [0.1, 0.15) is 5.75 Å². The normalized spacial score (nSPS) is 18.1. The zero-order valence-corrected chi connectivity index (χ0v) is 16.1. The number of amidine groups is 1. The number of benzene rings is 2. The number of rotatable bonds is 4. The van der Waals surface area contributed by atoms with Gasteiger partial charge in [-0.2, -0.15) is 17.5 Å². The van der Waals surface area contributed by atoms with Gasteiger partial charge in [-0.15, -0.1) is 0 Å². The Morgan fingerprint density at radius 2 is 1.79 bits per heavy atom. The summed E-state index contributed by atoms with van der Waals surface area (Å²) in [7, 11) is -1.50. The van der Waals surface area contributed by atoms with Crippen LogP contribution in [0.3, 0.4) is 0 Å². The molecule has 0 radical (unpaired) electrons. The van der Waals surface area contributed by atoms with Crippen LogP contribution in [0.1, 0.15) is 15.9 Å². The first kappa shape index (κ1) is 20.6. The molecule has 2 aromatic carbocycles. The summed E-state index contributed by atoms with van der Waals surface area (Å²) in [5.41, 5.74) is 0.421. The summed E-state index contributed by atoms with van der Waals surface area (Å²) in [6.45, 7) is 0. The third kappa shape index (κ3) is 4.67. The fourth-order valence-electron chi connectivity index (χ4n) is 2.42. The molecule has 0 aromatic heterocycles. The first-order chi connectivity index (χ1) is 13.6. The molecule has 0 aliphatic carbocycles. The SMILES string of the molecule is COc1ccc(S(C)(=O)=NC(=O)c2ccc(C3=NOC(C(F)(F)F)N3)cc2)cc1. The van der Waals surface area contributed by atoms with Crippen LogP contribution in [0, 0.1) is 0 Å². The molecule has 1 heterocycles. The van der Waals surface area contributed by atoms with Crippen molar-refractivity contribution >= 4 is 21.5 Å². The maximum absolute atomic E-state index is 12.8. The van der Waals surface area contributed by atoms with Gasteiger partial charge in [-0.25, -0.2) is 4.21 Å². The summed E-state index contributed by atoms with van der Waals surface area (Å²) >= 11 is 0. The van der Waals surface area contributed by atoms with Gasteiger partial charge >= 0.3 is 6.18 Å². The van der Waals surface area contributed by atoms with Gasteiger partial charge in [0.25, 0.3) is 12.1 Å². The highest BCUT2D eigenvalue weighted by atomic mass is 32.2. The average molecular weight is 427 g/mol. The second-order valence-corrected chi connectivity index (χ2v) is 8.32. The van der Waals surface area contributed by atoms with Gasteiger partial charge in [-0.3, -0.25) is 4.79 Å². The summed E-state index contributed by atoms with van der Waals surface area (Å²) in [4.78, 5) is 17.1. The molecule has 1 aliphatic heterocycles. The van der Waals surface area contributed by atoms with Crippen LogP contribution >= 0.6 is 0 Å². The smallest absolute Gasteiger partial charge is 0.448 e. The van der Waals surface area contributed by atoms with Crippen LogP contribution in [0.15, 0.2) is 62.9 Å². The summed E-state index contributed by atoms with van der Waals surface area (Å²) in [5.74, 6) is -0.252. The van der Waals surface area contributed by atoms with Crippen molar-refractivity contribution < 1.29 is 31.7 Å². The van der Waals surface area contributed by atoms with Gasteiger partial charge in [-0.1, -0.05) is 17.3 Å². The van der Waals surface area contributed by atoms with Crippen molar-refractivity contribution in [2.24, 2.45) is 9.52 Å². The van der Waals surface area contributed by atoms with E-state index in [9.17, 15) is 22.2 Å². The van der Waals surface area contributed by atoms with Crippen molar-refractivity contribution in [1.82, 2.24) is 5.32 Å². The van der Waals surface area contributed by atoms with Crippen molar-refractivity contribution in [1.29, 1.82) is 0 Å². The lowest BCUT2D eigenvalue weighted by molar-refractivity contribution is -0.218. The van der Waals surface area contributed by atoms with Crippen molar-refractivity contribution in [3.8, 4) is 5.75 Å². The monoisotopic (exact) mass is 427 g/mol. The standard InChI is InChI=1S/C18H16F3N3O4S/c1-27-13-7-9-14(10-8-13)29(2,26)24-16(25)12-5-3-11(4-6-12)15-22-17(28-23-15)18(19,20)21/h3-10,17H,1-2H3,(H,22,23). The Kier molecular flexibility index (Phi) is 5.51. The van der Waals surface area contributed by atoms with Crippen LogP contribution in [0.25, 0.3) is 0 Å². The lowest BCUT2D eigenvalue weighted by atomic mass is 10.1. The number of hydrogen-bond donors (Lipinski definition) is 1. The molecule has 2 atom stereocenters. The number of carbonyl (C=O) groups is 1. The molecule has 7 nitrogen and oxygen atoms in total. The lowest BCUT2D eigenvalue weighted by Gasteiger charge is -2.13. The number of methoxy groups -OCH3 is 1. The Balaban J connectivity index is 1.76. The Hall–Kier alpha value is -3.08. The average Bonchev–Trinajstić information content (AvgIpc) is 3.18. The molecule has 154 valence electrons. The van der Waals surface area contributed by atoms with Crippen molar-refractivity contribution in [3.63, 3.8) is 0 Å². The van der Waals surface area contributed by atoms with Gasteiger partial charge in [0.2, 0.25) is 0 Å². The largest absolute Gasteiger partial charge is 0.497 e. The van der Waals surface area contributed by atoms with Gasteiger partial charge in [0.15, 0.2) is 5.84 Å². The van der Waals surface area contributed by atoms with Crippen molar-refractivity contribution in [2.75, 3.05) is 13.4 Å². The molecule has 1 aliphatic rings. The van der Waals surface area contributed by atoms with Gasteiger partial charge in [-0.05, 0) is 36.4 Å². The maximum Gasteiger partial charge on any atom is 0.448 e. The summed E-state index contributed by atoms with van der Waals surface area (Å²) in [6.07, 6.45) is -5.49. The molecule has 2 aromatic rings. The van der Waals surface area contributed by atoms with Gasteiger partial charge < -0.3 is 14.9 Å². The van der Waals surface area contributed by atoms with E-state index in [1.165, 1.54) is 37.6 Å². The Morgan fingerprint density at radius 3 is 2.31 bits per heavy atom. The minimum atomic E-state index is -4.61. The van der Waals surface area contributed by atoms with E-state index in [2.05, 4.69) is 19.7 Å². The quantitative estimate of drug-likeness (QED) is 0.810. The van der Waals surface area contributed by atoms with Crippen LogP contribution in [-0.4, -0.2) is 41.7 Å². The third-order valence-electron chi connectivity index (χ3n) is 3.97. The summed E-state index contributed by atoms with van der Waals surface area (Å²) in [6, 6.07) is 11.8. The molecule has 1 N–H and O–H groups in total. The number of oxime groups is 1. The zero-order valence-electron chi connectivity index (χ0n) is 15.3. The number of ether oxygens (including phenoxy) is 1. The number of nitrogens with zero attached hydrogens (tertiary/aromatic N) is 2. The van der Waals surface area contributed by atoms with E-state index in [4.69, 9.17) is 4.74 Å². The maximum atomic E-state index is 12.8. The summed E-state index contributed by atoms with van der Waals surface area (Å²) in [5, 5.41) is 5.47. The molecule has 0 fully saturated rings. The predicted octanol–water partition coefficient (Wildman–Crippen LogP) is 3.16. The topological polar surface area (TPSA) is 89.4 Å². The van der Waals surface area contributed by atoms with E-state index >= 15 is 0 Å². The highest BCUT2D eigenvalue weighted by Gasteiger charge is 2.45. The Morgan fingerprint density at radius 1 is 1.17 bits per heavy atom. The summed E-state index contributed by atoms with van der Waals surface area (Å²) < 4.78 is 59.5. The minimum absolute atomic E-state index is 0.110. The van der Waals surface area contributed by atoms with E-state index in [1.807, 2.05) is 0 Å². The highest BCUT2D eigenvalue weighted by molar-refractivity contribution is 7.93. The fourth-order valence-corrected chi connectivity index (χ4v) is 3.59. The molecule has 0 saturated carbocycles. The zero-order chi connectivity index (χ0) is 21.2. The van der Waals surface area contributed by atoms with Crippen LogP contribution in [0.5, 0.6) is 5.75 Å². The van der Waals surface area contributed by atoms with Crippen molar-refractivity contribution in [2.45, 2.75) is 17.3 Å². The molecule has 3 rings (SSSR count). The van der Waals surface area contributed by atoms with E-state index in [-0.39, 0.29) is 11.4 Å². The Labute approximate surface area is 164 Å². The lowest BCUT2D eigenvalue weighted by Crippen LogP contribution is -2.41. The van der Waals surface area contributed by atoms with Gasteiger partial charge in [0, 0.05) is 22.3 Å². The number of hydrogen-bond acceptors (Lipinski definition) is 6. The second kappa shape index (κ2) is 7.74. The molecule has 11 heteroatoms. The van der Waals surface area contributed by atoms with Gasteiger partial charge in [0.05, 0.1) is 16.8 Å². The van der Waals surface area contributed by atoms with Crippen LogP contribution in [0.2, 0.25) is 0 Å². The second-order valence-electron chi connectivity index (χ2n) is 6.06. The van der Waals surface area contributed by atoms with Crippen LogP contribution in [0.4, 0.5) is 13.2 Å². The van der Waals surface area contributed by atoms with E-state index < -0.39 is 28.0 Å². The fraction of sp³-hybridized carbons (Fsp3) is 0.222. The van der Waals surface area contributed by atoms with Crippen molar-refractivity contribution in [3.05, 3.63) is 59.7 Å². The number of amides is 1. The molecule has 2 unspecified atom stereocenters. The van der Waals surface area contributed by atoms with E-state index in [0.717, 1.165) is 0 Å². The highest BCUT2D eigenvalue weighted by Crippen LogP contribution is 2.25. The van der Waals surface area contributed by atoms with Crippen LogP contribution in [-0.2, 0) is 14.6 Å². The minimum Gasteiger partial charge on any atom is -0.497 e. The first-order valence-electron chi connectivity index (χ1n) is 8.18. The number of halogens is 3. The molecular weight excluding hydrogens is 411 g/mol. The molecule has 29 heavy (non-hydrogen) atoms. The number of carbonyl (C=O) groups excluding carboxylic acids is 1. The first-order valence-corrected chi connectivity index (χ1v) is 10.1. The Bertz CT molecular complexity index is 1060.